The molecule has 2 aromatic carbocycles. The molecule has 0 saturated heterocycles. The highest BCUT2D eigenvalue weighted by Crippen LogP contribution is 2.27. The van der Waals surface area contributed by atoms with E-state index >= 15 is 0 Å². The van der Waals surface area contributed by atoms with Crippen molar-refractivity contribution in [2.24, 2.45) is 0 Å². The number of hydrogen-bond donors (Lipinski definition) is 1. The minimum atomic E-state index is 0.700. The Morgan fingerprint density at radius 1 is 1.00 bits per heavy atom. The molecule has 0 spiro atoms. The molecule has 0 atom stereocenters. The third-order valence-corrected chi connectivity index (χ3v) is 3.38. The van der Waals surface area contributed by atoms with Crippen LogP contribution in [0.3, 0.4) is 0 Å². The van der Waals surface area contributed by atoms with E-state index < -0.39 is 0 Å². The quantitative estimate of drug-likeness (QED) is 0.705. The summed E-state index contributed by atoms with van der Waals surface area (Å²) >= 11 is 0. The van der Waals surface area contributed by atoms with Gasteiger partial charge < -0.3 is 9.73 Å². The molecule has 3 heteroatoms. The molecule has 4 rings (SSSR count). The number of nitrogens with zero attached hydrogens (tertiary/aromatic N) is 1. The van der Waals surface area contributed by atoms with Gasteiger partial charge in [-0.05, 0) is 35.4 Å². The van der Waals surface area contributed by atoms with Crippen LogP contribution in [0.5, 0.6) is 0 Å². The Balaban J connectivity index is 1.86. The van der Waals surface area contributed by atoms with Crippen molar-refractivity contribution in [3.8, 4) is 11.5 Å². The molecule has 1 N–H and O–H groups in total. The maximum absolute atomic E-state index is 5.78. The second-order valence-corrected chi connectivity index (χ2v) is 4.57. The van der Waals surface area contributed by atoms with Gasteiger partial charge >= 0.3 is 0 Å². The zero-order chi connectivity index (χ0) is 11.9. The summed E-state index contributed by atoms with van der Waals surface area (Å²) in [5.41, 5.74) is 5.51. The lowest BCUT2D eigenvalue weighted by Crippen LogP contribution is -1.99. The van der Waals surface area contributed by atoms with Crippen molar-refractivity contribution in [3.05, 3.63) is 53.6 Å². The minimum Gasteiger partial charge on any atom is -0.436 e. The molecular formula is C15H12N2O. The van der Waals surface area contributed by atoms with Crippen molar-refractivity contribution in [3.63, 3.8) is 0 Å². The van der Waals surface area contributed by atoms with Crippen molar-refractivity contribution in [1.29, 1.82) is 0 Å². The fourth-order valence-electron chi connectivity index (χ4n) is 2.42. The SMILES string of the molecule is c1ccc2oc(-c3ccc4c(c3)CNC4)nc2c1. The summed E-state index contributed by atoms with van der Waals surface area (Å²) in [6.45, 7) is 1.90. The van der Waals surface area contributed by atoms with E-state index in [0.29, 0.717) is 5.89 Å². The van der Waals surface area contributed by atoms with Gasteiger partial charge in [-0.1, -0.05) is 18.2 Å². The van der Waals surface area contributed by atoms with E-state index in [1.54, 1.807) is 0 Å². The first-order chi connectivity index (χ1) is 8.90. The fourth-order valence-corrected chi connectivity index (χ4v) is 2.42. The smallest absolute Gasteiger partial charge is 0.227 e. The molecule has 0 saturated carbocycles. The molecule has 3 nitrogen and oxygen atoms in total. The number of nitrogens with one attached hydrogen (secondary N) is 1. The summed E-state index contributed by atoms with van der Waals surface area (Å²) in [4.78, 5) is 4.52. The Kier molecular flexibility index (Phi) is 2.02. The molecule has 0 bridgehead atoms. The average Bonchev–Trinajstić information content (AvgIpc) is 3.04. The standard InChI is InChI=1S/C15H12N2O/c1-2-4-14-13(3-1)17-15(18-14)10-5-6-11-8-16-9-12(11)7-10/h1-7,16H,8-9H2. The van der Waals surface area contributed by atoms with Crippen LogP contribution in [0.2, 0.25) is 0 Å². The molecule has 0 unspecified atom stereocenters. The highest BCUT2D eigenvalue weighted by molar-refractivity contribution is 5.76. The summed E-state index contributed by atoms with van der Waals surface area (Å²) in [5.74, 6) is 0.700. The Morgan fingerprint density at radius 3 is 2.83 bits per heavy atom. The van der Waals surface area contributed by atoms with E-state index in [2.05, 4.69) is 28.5 Å². The van der Waals surface area contributed by atoms with E-state index in [-0.39, 0.29) is 0 Å². The van der Waals surface area contributed by atoms with E-state index in [9.17, 15) is 0 Å². The van der Waals surface area contributed by atoms with Gasteiger partial charge in [-0.25, -0.2) is 4.98 Å². The van der Waals surface area contributed by atoms with E-state index in [1.165, 1.54) is 11.1 Å². The van der Waals surface area contributed by atoms with E-state index in [4.69, 9.17) is 4.42 Å². The van der Waals surface area contributed by atoms with Gasteiger partial charge in [-0.15, -0.1) is 0 Å². The van der Waals surface area contributed by atoms with Crippen LogP contribution in [-0.2, 0) is 13.1 Å². The average molecular weight is 236 g/mol. The second-order valence-electron chi connectivity index (χ2n) is 4.57. The van der Waals surface area contributed by atoms with Crippen molar-refractivity contribution < 1.29 is 4.42 Å². The first kappa shape index (κ1) is 9.85. The summed E-state index contributed by atoms with van der Waals surface area (Å²) in [5, 5.41) is 3.34. The Hall–Kier alpha value is -2.13. The van der Waals surface area contributed by atoms with Gasteiger partial charge in [-0.3, -0.25) is 0 Å². The van der Waals surface area contributed by atoms with Crippen molar-refractivity contribution >= 4 is 11.1 Å². The molecule has 1 aliphatic rings. The maximum atomic E-state index is 5.78. The first-order valence-electron chi connectivity index (χ1n) is 6.09. The number of fused-ring (bicyclic) bond motifs is 2. The van der Waals surface area contributed by atoms with Crippen LogP contribution in [0.1, 0.15) is 11.1 Å². The Bertz CT molecular complexity index is 697. The van der Waals surface area contributed by atoms with Gasteiger partial charge in [0.25, 0.3) is 0 Å². The Labute approximate surface area is 104 Å². The monoisotopic (exact) mass is 236 g/mol. The van der Waals surface area contributed by atoms with Gasteiger partial charge in [0.15, 0.2) is 5.58 Å². The summed E-state index contributed by atoms with van der Waals surface area (Å²) in [6.07, 6.45) is 0. The molecule has 3 aromatic rings. The highest BCUT2D eigenvalue weighted by atomic mass is 16.3. The second kappa shape index (κ2) is 3.68. The molecule has 88 valence electrons. The van der Waals surface area contributed by atoms with E-state index in [0.717, 1.165) is 29.8 Å². The molecular weight excluding hydrogens is 224 g/mol. The third-order valence-electron chi connectivity index (χ3n) is 3.38. The minimum absolute atomic E-state index is 0.700. The van der Waals surface area contributed by atoms with Gasteiger partial charge in [0.05, 0.1) is 0 Å². The number of para-hydroxylation sites is 2. The molecule has 0 radical (unpaired) electrons. The molecule has 18 heavy (non-hydrogen) atoms. The van der Waals surface area contributed by atoms with Crippen molar-refractivity contribution in [2.45, 2.75) is 13.1 Å². The zero-order valence-corrected chi connectivity index (χ0v) is 9.81. The number of oxazole rings is 1. The predicted molar refractivity (Wildman–Crippen MR) is 70.0 cm³/mol. The molecule has 2 heterocycles. The zero-order valence-electron chi connectivity index (χ0n) is 9.81. The molecule has 0 amide bonds. The lowest BCUT2D eigenvalue weighted by molar-refractivity contribution is 0.619. The first-order valence-corrected chi connectivity index (χ1v) is 6.09. The summed E-state index contributed by atoms with van der Waals surface area (Å²) in [7, 11) is 0. The molecule has 1 aromatic heterocycles. The van der Waals surface area contributed by atoms with Gasteiger partial charge in [-0.2, -0.15) is 0 Å². The maximum Gasteiger partial charge on any atom is 0.227 e. The highest BCUT2D eigenvalue weighted by Gasteiger charge is 2.13. The lowest BCUT2D eigenvalue weighted by atomic mass is 10.1. The Morgan fingerprint density at radius 2 is 1.89 bits per heavy atom. The third kappa shape index (κ3) is 1.45. The number of benzene rings is 2. The summed E-state index contributed by atoms with van der Waals surface area (Å²) < 4.78 is 5.78. The predicted octanol–water partition coefficient (Wildman–Crippen LogP) is 3.10. The number of aromatic nitrogens is 1. The van der Waals surface area contributed by atoms with E-state index in [1.807, 2.05) is 24.3 Å². The number of rotatable bonds is 1. The van der Waals surface area contributed by atoms with Crippen LogP contribution < -0.4 is 5.32 Å². The topological polar surface area (TPSA) is 38.1 Å². The van der Waals surface area contributed by atoms with Crippen LogP contribution in [0.4, 0.5) is 0 Å². The van der Waals surface area contributed by atoms with Gasteiger partial charge in [0.2, 0.25) is 5.89 Å². The summed E-state index contributed by atoms with van der Waals surface area (Å²) in [6, 6.07) is 14.2. The van der Waals surface area contributed by atoms with Crippen LogP contribution in [0.15, 0.2) is 46.9 Å². The molecule has 0 aliphatic carbocycles. The van der Waals surface area contributed by atoms with Crippen LogP contribution in [0, 0.1) is 0 Å². The van der Waals surface area contributed by atoms with Crippen LogP contribution in [-0.4, -0.2) is 4.98 Å². The van der Waals surface area contributed by atoms with Crippen molar-refractivity contribution in [2.75, 3.05) is 0 Å². The largest absolute Gasteiger partial charge is 0.436 e. The number of hydrogen-bond acceptors (Lipinski definition) is 3. The lowest BCUT2D eigenvalue weighted by Gasteiger charge is -1.99. The van der Waals surface area contributed by atoms with Crippen molar-refractivity contribution in [1.82, 2.24) is 10.3 Å². The fraction of sp³-hybridized carbons (Fsp3) is 0.133. The van der Waals surface area contributed by atoms with Crippen LogP contribution in [0.25, 0.3) is 22.6 Å². The van der Waals surface area contributed by atoms with Gasteiger partial charge in [0.1, 0.15) is 5.52 Å². The molecule has 1 aliphatic heterocycles. The molecule has 0 fully saturated rings. The van der Waals surface area contributed by atoms with Crippen LogP contribution >= 0.6 is 0 Å². The van der Waals surface area contributed by atoms with Gasteiger partial charge in [0, 0.05) is 18.7 Å². The normalized spacial score (nSPS) is 14.0.